The van der Waals surface area contributed by atoms with Crippen molar-refractivity contribution in [2.75, 3.05) is 11.9 Å². The van der Waals surface area contributed by atoms with E-state index in [0.29, 0.717) is 29.8 Å². The fraction of sp³-hybridized carbons (Fsp3) is 0.312. The molecule has 1 aromatic carbocycles. The summed E-state index contributed by atoms with van der Waals surface area (Å²) in [6.45, 7) is 4.43. The Kier molecular flexibility index (Phi) is 4.12. The highest BCUT2D eigenvalue weighted by atomic mass is 32.1. The molecule has 1 aromatic heterocycles. The first-order valence-electron chi connectivity index (χ1n) is 7.32. The number of rotatable bonds is 3. The van der Waals surface area contributed by atoms with Crippen molar-refractivity contribution in [1.29, 1.82) is 0 Å². The summed E-state index contributed by atoms with van der Waals surface area (Å²) in [5.74, 6) is -1.11. The van der Waals surface area contributed by atoms with Crippen LogP contribution in [0.3, 0.4) is 0 Å². The number of anilines is 1. The Morgan fingerprint density at radius 2 is 2.22 bits per heavy atom. The molecule has 5 nitrogen and oxygen atoms in total. The fourth-order valence-electron chi connectivity index (χ4n) is 2.55. The molecule has 0 fully saturated rings. The first-order chi connectivity index (χ1) is 11.0. The smallest absolute Gasteiger partial charge is 0.275 e. The van der Waals surface area contributed by atoms with E-state index in [1.54, 1.807) is 5.51 Å². The maximum atomic E-state index is 14.2. The lowest BCUT2D eigenvalue weighted by atomic mass is 9.99. The SMILES string of the molecule is CC(C)c1scnc1C(=O)Nc1cc2c(cc1F)CCNC2=O. The van der Waals surface area contributed by atoms with E-state index in [1.165, 1.54) is 23.5 Å². The van der Waals surface area contributed by atoms with Gasteiger partial charge in [-0.15, -0.1) is 11.3 Å². The molecule has 120 valence electrons. The first-order valence-corrected chi connectivity index (χ1v) is 8.20. The molecule has 2 heterocycles. The van der Waals surface area contributed by atoms with Crippen LogP contribution < -0.4 is 10.6 Å². The zero-order chi connectivity index (χ0) is 16.6. The second-order valence-electron chi connectivity index (χ2n) is 5.67. The number of nitrogens with zero attached hydrogens (tertiary/aromatic N) is 1. The third kappa shape index (κ3) is 2.96. The Morgan fingerprint density at radius 1 is 1.43 bits per heavy atom. The van der Waals surface area contributed by atoms with Gasteiger partial charge in [0.1, 0.15) is 11.5 Å². The van der Waals surface area contributed by atoms with Gasteiger partial charge < -0.3 is 10.6 Å². The molecule has 0 aliphatic carbocycles. The number of aromatic nitrogens is 1. The Labute approximate surface area is 136 Å². The standard InChI is InChI=1S/C16H16FN3O2S/c1-8(2)14-13(19-7-23-14)16(22)20-12-6-10-9(5-11(12)17)3-4-18-15(10)21/h5-8H,3-4H2,1-2H3,(H,18,21)(H,20,22). The van der Waals surface area contributed by atoms with Gasteiger partial charge in [-0.05, 0) is 30.0 Å². The van der Waals surface area contributed by atoms with Gasteiger partial charge in [0.15, 0.2) is 0 Å². The van der Waals surface area contributed by atoms with Gasteiger partial charge in [-0.2, -0.15) is 0 Å². The number of thiazole rings is 1. The number of hydrogen-bond donors (Lipinski definition) is 2. The van der Waals surface area contributed by atoms with Crippen molar-refractivity contribution >= 4 is 28.8 Å². The average Bonchev–Trinajstić information content (AvgIpc) is 2.98. The molecule has 23 heavy (non-hydrogen) atoms. The van der Waals surface area contributed by atoms with Gasteiger partial charge in [-0.3, -0.25) is 9.59 Å². The Bertz CT molecular complexity index is 786. The van der Waals surface area contributed by atoms with Crippen LogP contribution in [-0.4, -0.2) is 23.3 Å². The Hall–Kier alpha value is -2.28. The van der Waals surface area contributed by atoms with E-state index in [4.69, 9.17) is 0 Å². The van der Waals surface area contributed by atoms with Gasteiger partial charge in [0, 0.05) is 17.0 Å². The van der Waals surface area contributed by atoms with E-state index >= 15 is 0 Å². The summed E-state index contributed by atoms with van der Waals surface area (Å²) < 4.78 is 14.2. The highest BCUT2D eigenvalue weighted by molar-refractivity contribution is 7.10. The van der Waals surface area contributed by atoms with E-state index in [2.05, 4.69) is 15.6 Å². The van der Waals surface area contributed by atoms with Gasteiger partial charge in [0.2, 0.25) is 0 Å². The number of carbonyl (C=O) groups excluding carboxylic acids is 2. The van der Waals surface area contributed by atoms with Gasteiger partial charge in [-0.25, -0.2) is 9.37 Å². The number of nitrogens with one attached hydrogen (secondary N) is 2. The normalized spacial score (nSPS) is 13.7. The highest BCUT2D eigenvalue weighted by Crippen LogP contribution is 2.26. The predicted molar refractivity (Wildman–Crippen MR) is 86.6 cm³/mol. The minimum absolute atomic E-state index is 0.00601. The molecule has 0 atom stereocenters. The van der Waals surface area contributed by atoms with Gasteiger partial charge >= 0.3 is 0 Å². The molecule has 0 saturated carbocycles. The lowest BCUT2D eigenvalue weighted by Gasteiger charge is -2.18. The van der Waals surface area contributed by atoms with Crippen LogP contribution in [0.4, 0.5) is 10.1 Å². The molecular weight excluding hydrogens is 317 g/mol. The van der Waals surface area contributed by atoms with E-state index in [0.717, 1.165) is 4.88 Å². The summed E-state index contributed by atoms with van der Waals surface area (Å²) in [7, 11) is 0. The Morgan fingerprint density at radius 3 is 2.96 bits per heavy atom. The molecule has 1 aliphatic rings. The molecule has 0 saturated heterocycles. The average molecular weight is 333 g/mol. The number of fused-ring (bicyclic) bond motifs is 1. The second-order valence-corrected chi connectivity index (χ2v) is 6.56. The van der Waals surface area contributed by atoms with Crippen molar-refractivity contribution in [1.82, 2.24) is 10.3 Å². The quantitative estimate of drug-likeness (QED) is 0.907. The minimum Gasteiger partial charge on any atom is -0.352 e. The molecule has 2 aromatic rings. The molecular formula is C16H16FN3O2S. The lowest BCUT2D eigenvalue weighted by molar-refractivity contribution is 0.0944. The summed E-state index contributed by atoms with van der Waals surface area (Å²) >= 11 is 1.39. The van der Waals surface area contributed by atoms with Crippen LogP contribution in [0.2, 0.25) is 0 Å². The van der Waals surface area contributed by atoms with Crippen LogP contribution in [0.25, 0.3) is 0 Å². The van der Waals surface area contributed by atoms with Crippen LogP contribution in [0.15, 0.2) is 17.6 Å². The third-order valence-electron chi connectivity index (χ3n) is 3.70. The van der Waals surface area contributed by atoms with Crippen molar-refractivity contribution in [2.45, 2.75) is 26.2 Å². The van der Waals surface area contributed by atoms with Crippen LogP contribution in [0.5, 0.6) is 0 Å². The third-order valence-corrected chi connectivity index (χ3v) is 4.83. The van der Waals surface area contributed by atoms with Gasteiger partial charge in [-0.1, -0.05) is 13.8 Å². The molecule has 7 heteroatoms. The molecule has 2 N–H and O–H groups in total. The molecule has 0 unspecified atom stereocenters. The van der Waals surface area contributed by atoms with Crippen molar-refractivity contribution in [2.24, 2.45) is 0 Å². The van der Waals surface area contributed by atoms with Crippen molar-refractivity contribution in [3.8, 4) is 0 Å². The highest BCUT2D eigenvalue weighted by Gasteiger charge is 2.22. The zero-order valence-corrected chi connectivity index (χ0v) is 13.6. The lowest BCUT2D eigenvalue weighted by Crippen LogP contribution is -2.32. The van der Waals surface area contributed by atoms with Crippen molar-refractivity contribution in [3.05, 3.63) is 45.2 Å². The predicted octanol–water partition coefficient (Wildman–Crippen LogP) is 2.94. The van der Waals surface area contributed by atoms with E-state index in [9.17, 15) is 14.0 Å². The van der Waals surface area contributed by atoms with Gasteiger partial charge in [0.05, 0.1) is 11.2 Å². The monoisotopic (exact) mass is 333 g/mol. The molecule has 0 spiro atoms. The summed E-state index contributed by atoms with van der Waals surface area (Å²) in [5.41, 5.74) is 2.94. The van der Waals surface area contributed by atoms with Crippen LogP contribution in [0.1, 0.15) is 51.1 Å². The molecule has 2 amide bonds. The topological polar surface area (TPSA) is 71.1 Å². The van der Waals surface area contributed by atoms with Crippen LogP contribution in [0, 0.1) is 5.82 Å². The molecule has 1 aliphatic heterocycles. The number of amides is 2. The molecule has 3 rings (SSSR count). The maximum absolute atomic E-state index is 14.2. The van der Waals surface area contributed by atoms with Crippen molar-refractivity contribution in [3.63, 3.8) is 0 Å². The zero-order valence-electron chi connectivity index (χ0n) is 12.8. The number of halogens is 1. The van der Waals surface area contributed by atoms with Crippen LogP contribution >= 0.6 is 11.3 Å². The summed E-state index contributed by atoms with van der Waals surface area (Å²) in [6, 6.07) is 2.70. The number of carbonyl (C=O) groups is 2. The van der Waals surface area contributed by atoms with Crippen LogP contribution in [-0.2, 0) is 6.42 Å². The number of hydrogen-bond acceptors (Lipinski definition) is 4. The summed E-state index contributed by atoms with van der Waals surface area (Å²) in [4.78, 5) is 29.1. The van der Waals surface area contributed by atoms with E-state index < -0.39 is 11.7 Å². The maximum Gasteiger partial charge on any atom is 0.275 e. The van der Waals surface area contributed by atoms with E-state index in [-0.39, 0.29) is 17.5 Å². The van der Waals surface area contributed by atoms with E-state index in [1.807, 2.05) is 13.8 Å². The fourth-order valence-corrected chi connectivity index (χ4v) is 3.35. The number of benzene rings is 1. The van der Waals surface area contributed by atoms with Crippen molar-refractivity contribution < 1.29 is 14.0 Å². The largest absolute Gasteiger partial charge is 0.352 e. The van der Waals surface area contributed by atoms with Gasteiger partial charge in [0.25, 0.3) is 11.8 Å². The summed E-state index contributed by atoms with van der Waals surface area (Å²) in [6.07, 6.45) is 0.579. The minimum atomic E-state index is -0.548. The molecule has 0 radical (unpaired) electrons. The first kappa shape index (κ1) is 15.6. The Balaban J connectivity index is 1.91. The molecule has 0 bridgehead atoms. The second kappa shape index (κ2) is 6.08. The summed E-state index contributed by atoms with van der Waals surface area (Å²) in [5, 5.41) is 5.23.